The molecular weight excluding hydrogens is 469 g/mol. The van der Waals surface area contributed by atoms with Gasteiger partial charge in [0.1, 0.15) is 11.5 Å². The third-order valence-corrected chi connectivity index (χ3v) is 5.07. The number of benzene rings is 2. The molecule has 0 saturated carbocycles. The fourth-order valence-electron chi connectivity index (χ4n) is 3.44. The molecule has 8 nitrogen and oxygen atoms in total. The van der Waals surface area contributed by atoms with E-state index >= 15 is 0 Å². The molecule has 35 heavy (non-hydrogen) atoms. The minimum Gasteiger partial charge on any atom is -0.492 e. The van der Waals surface area contributed by atoms with E-state index in [1.165, 1.54) is 0 Å². The maximum absolute atomic E-state index is 12.7. The molecule has 0 unspecified atom stereocenters. The number of alkyl halides is 3. The predicted octanol–water partition coefficient (Wildman–Crippen LogP) is 4.13. The van der Waals surface area contributed by atoms with Gasteiger partial charge < -0.3 is 29.2 Å². The molecule has 0 spiro atoms. The van der Waals surface area contributed by atoms with Crippen LogP contribution in [-0.2, 0) is 20.4 Å². The summed E-state index contributed by atoms with van der Waals surface area (Å²) in [6, 6.07) is 6.97. The van der Waals surface area contributed by atoms with Gasteiger partial charge in [-0.3, -0.25) is 4.79 Å². The van der Waals surface area contributed by atoms with Gasteiger partial charge in [0.2, 0.25) is 0 Å². The predicted molar refractivity (Wildman–Crippen MR) is 122 cm³/mol. The lowest BCUT2D eigenvalue weighted by Gasteiger charge is -2.31. The molecule has 0 aromatic heterocycles. The van der Waals surface area contributed by atoms with E-state index in [1.54, 1.807) is 12.1 Å². The van der Waals surface area contributed by atoms with Gasteiger partial charge in [0.05, 0.1) is 48.9 Å². The quantitative estimate of drug-likeness (QED) is 0.523. The van der Waals surface area contributed by atoms with Crippen LogP contribution in [0.5, 0.6) is 11.5 Å². The Morgan fingerprint density at radius 2 is 1.63 bits per heavy atom. The monoisotopic (exact) mass is 496 g/mol. The fourth-order valence-corrected chi connectivity index (χ4v) is 3.44. The first-order valence-corrected chi connectivity index (χ1v) is 11.1. The zero-order valence-corrected chi connectivity index (χ0v) is 19.4. The summed E-state index contributed by atoms with van der Waals surface area (Å²) in [5, 5.41) is 2.65. The van der Waals surface area contributed by atoms with E-state index in [4.69, 9.17) is 18.9 Å². The van der Waals surface area contributed by atoms with Crippen molar-refractivity contribution >= 4 is 23.3 Å². The van der Waals surface area contributed by atoms with Gasteiger partial charge in [-0.15, -0.1) is 0 Å². The third kappa shape index (κ3) is 7.01. The van der Waals surface area contributed by atoms with Crippen molar-refractivity contribution in [2.75, 3.05) is 56.3 Å². The molecule has 0 aliphatic carbocycles. The molecule has 190 valence electrons. The Morgan fingerprint density at radius 1 is 1.00 bits per heavy atom. The van der Waals surface area contributed by atoms with Crippen LogP contribution in [0.25, 0.3) is 0 Å². The molecule has 3 rings (SSSR count). The fraction of sp³-hybridized carbons (Fsp3) is 0.417. The van der Waals surface area contributed by atoms with E-state index in [9.17, 15) is 22.8 Å². The minimum atomic E-state index is -4.52. The summed E-state index contributed by atoms with van der Waals surface area (Å²) in [4.78, 5) is 26.7. The zero-order valence-electron chi connectivity index (χ0n) is 19.4. The van der Waals surface area contributed by atoms with E-state index in [0.29, 0.717) is 56.7 Å². The summed E-state index contributed by atoms with van der Waals surface area (Å²) in [6.07, 6.45) is -4.52. The van der Waals surface area contributed by atoms with Crippen LogP contribution in [0.1, 0.15) is 29.8 Å². The van der Waals surface area contributed by atoms with E-state index in [1.807, 2.05) is 13.8 Å². The first kappa shape index (κ1) is 26.1. The molecule has 11 heteroatoms. The zero-order chi connectivity index (χ0) is 25.4. The number of nitrogens with one attached hydrogen (secondary N) is 1. The molecule has 1 heterocycles. The summed E-state index contributed by atoms with van der Waals surface area (Å²) in [5.74, 6) is -0.598. The van der Waals surface area contributed by atoms with Crippen LogP contribution in [0.2, 0.25) is 0 Å². The Labute approximate surface area is 200 Å². The Morgan fingerprint density at radius 3 is 2.23 bits per heavy atom. The number of esters is 1. The third-order valence-electron chi connectivity index (χ3n) is 5.07. The van der Waals surface area contributed by atoms with Crippen molar-refractivity contribution in [2.45, 2.75) is 20.0 Å². The molecule has 1 fully saturated rings. The second kappa shape index (κ2) is 11.8. The molecular formula is C24H27F3N2O6. The van der Waals surface area contributed by atoms with Crippen LogP contribution in [0, 0.1) is 0 Å². The summed E-state index contributed by atoms with van der Waals surface area (Å²) in [7, 11) is 0. The summed E-state index contributed by atoms with van der Waals surface area (Å²) in [5.41, 5.74) is 0.156. The summed E-state index contributed by atoms with van der Waals surface area (Å²) < 4.78 is 59.9. The van der Waals surface area contributed by atoms with Crippen LogP contribution in [0.3, 0.4) is 0 Å². The second-order valence-corrected chi connectivity index (χ2v) is 7.48. The van der Waals surface area contributed by atoms with Gasteiger partial charge in [-0.25, -0.2) is 4.79 Å². The Bertz CT molecular complexity index is 1020. The van der Waals surface area contributed by atoms with Crippen molar-refractivity contribution in [1.82, 2.24) is 0 Å². The van der Waals surface area contributed by atoms with Crippen molar-refractivity contribution in [2.24, 2.45) is 0 Å². The molecule has 2 aromatic rings. The Hall–Kier alpha value is -3.47. The number of anilines is 2. The highest BCUT2D eigenvalue weighted by Gasteiger charge is 2.30. The Kier molecular flexibility index (Phi) is 8.80. The number of rotatable bonds is 9. The van der Waals surface area contributed by atoms with Gasteiger partial charge >= 0.3 is 12.1 Å². The van der Waals surface area contributed by atoms with Crippen molar-refractivity contribution < 1.29 is 41.7 Å². The number of hydrogen-bond acceptors (Lipinski definition) is 7. The molecule has 1 N–H and O–H groups in total. The van der Waals surface area contributed by atoms with Crippen LogP contribution < -0.4 is 19.7 Å². The van der Waals surface area contributed by atoms with Crippen molar-refractivity contribution in [3.05, 3.63) is 47.5 Å². The highest BCUT2D eigenvalue weighted by molar-refractivity contribution is 5.97. The first-order chi connectivity index (χ1) is 16.7. The molecule has 1 saturated heterocycles. The smallest absolute Gasteiger partial charge is 0.416 e. The second-order valence-electron chi connectivity index (χ2n) is 7.48. The molecule has 0 radical (unpaired) electrons. The van der Waals surface area contributed by atoms with Gasteiger partial charge in [0, 0.05) is 25.2 Å². The largest absolute Gasteiger partial charge is 0.492 e. The number of hydrogen-bond donors (Lipinski definition) is 1. The van der Waals surface area contributed by atoms with Gasteiger partial charge in [-0.2, -0.15) is 13.2 Å². The highest BCUT2D eigenvalue weighted by atomic mass is 19.4. The van der Waals surface area contributed by atoms with Crippen molar-refractivity contribution in [1.29, 1.82) is 0 Å². The van der Waals surface area contributed by atoms with Crippen LogP contribution in [-0.4, -0.2) is 58.0 Å². The molecule has 0 atom stereocenters. The average Bonchev–Trinajstić information content (AvgIpc) is 2.84. The minimum absolute atomic E-state index is 0.102. The van der Waals surface area contributed by atoms with Crippen molar-refractivity contribution in [3.8, 4) is 11.5 Å². The number of ether oxygens (including phenoxy) is 4. The standard InChI is InChI=1S/C24H27F3N2O6/c1-3-33-20-14-19(29-9-11-32-12-10-29)21(34-4-2)13-18(20)28-22(30)15-35-23(31)16-5-7-17(8-6-16)24(25,26)27/h5-8,13-14H,3-4,9-12,15H2,1-2H3,(H,28,30). The van der Waals surface area contributed by atoms with Gasteiger partial charge in [-0.1, -0.05) is 0 Å². The van der Waals surface area contributed by atoms with Crippen LogP contribution in [0.4, 0.5) is 24.5 Å². The van der Waals surface area contributed by atoms with E-state index in [-0.39, 0.29) is 5.56 Å². The topological polar surface area (TPSA) is 86.3 Å². The first-order valence-electron chi connectivity index (χ1n) is 11.1. The molecule has 0 bridgehead atoms. The highest BCUT2D eigenvalue weighted by Crippen LogP contribution is 2.39. The van der Waals surface area contributed by atoms with Gasteiger partial charge in [-0.05, 0) is 38.1 Å². The SMILES string of the molecule is CCOc1cc(N2CCOCC2)c(OCC)cc1NC(=O)COC(=O)c1ccc(C(F)(F)F)cc1. The Balaban J connectivity index is 1.70. The van der Waals surface area contributed by atoms with E-state index in [2.05, 4.69) is 10.2 Å². The summed E-state index contributed by atoms with van der Waals surface area (Å²) >= 11 is 0. The molecule has 1 aliphatic heterocycles. The number of halogens is 3. The number of amides is 1. The summed E-state index contributed by atoms with van der Waals surface area (Å²) in [6.45, 7) is 6.29. The number of carbonyl (C=O) groups excluding carboxylic acids is 2. The molecule has 1 amide bonds. The maximum atomic E-state index is 12.7. The number of morpholine rings is 1. The van der Waals surface area contributed by atoms with E-state index in [0.717, 1.165) is 30.0 Å². The van der Waals surface area contributed by atoms with Crippen LogP contribution >= 0.6 is 0 Å². The average molecular weight is 496 g/mol. The van der Waals surface area contributed by atoms with Gasteiger partial charge in [0.15, 0.2) is 6.61 Å². The molecule has 2 aromatic carbocycles. The maximum Gasteiger partial charge on any atom is 0.416 e. The van der Waals surface area contributed by atoms with Gasteiger partial charge in [0.25, 0.3) is 5.91 Å². The lowest BCUT2D eigenvalue weighted by Crippen LogP contribution is -2.36. The number of carbonyl (C=O) groups is 2. The number of nitrogens with zero attached hydrogens (tertiary/aromatic N) is 1. The molecule has 1 aliphatic rings. The van der Waals surface area contributed by atoms with E-state index < -0.39 is 30.2 Å². The van der Waals surface area contributed by atoms with Crippen LogP contribution in [0.15, 0.2) is 36.4 Å². The lowest BCUT2D eigenvalue weighted by atomic mass is 10.1. The van der Waals surface area contributed by atoms with Crippen molar-refractivity contribution in [3.63, 3.8) is 0 Å². The normalized spacial score (nSPS) is 13.8. The lowest BCUT2D eigenvalue weighted by molar-refractivity contribution is -0.137.